The van der Waals surface area contributed by atoms with E-state index in [4.69, 9.17) is 4.42 Å². The van der Waals surface area contributed by atoms with Crippen LogP contribution in [0.2, 0.25) is 0 Å². The number of nitrogens with one attached hydrogen (secondary N) is 1. The van der Waals surface area contributed by atoms with E-state index >= 15 is 0 Å². The van der Waals surface area contributed by atoms with Gasteiger partial charge in [-0.2, -0.15) is 0 Å². The number of amides is 1. The highest BCUT2D eigenvalue weighted by Gasteiger charge is 2.34. The maximum atomic E-state index is 12.5. The molecule has 0 aliphatic carbocycles. The van der Waals surface area contributed by atoms with Crippen molar-refractivity contribution in [1.82, 2.24) is 24.8 Å². The van der Waals surface area contributed by atoms with Crippen molar-refractivity contribution in [3.8, 4) is 0 Å². The second kappa shape index (κ2) is 7.23. The van der Waals surface area contributed by atoms with Gasteiger partial charge >= 0.3 is 0 Å². The average molecular weight is 359 g/mol. The molecule has 1 N–H and O–H groups in total. The number of hydrogen-bond acceptors (Lipinski definition) is 5. The molecule has 7 nitrogen and oxygen atoms in total. The lowest BCUT2D eigenvalue weighted by atomic mass is 9.94. The number of aromatic nitrogens is 3. The van der Waals surface area contributed by atoms with E-state index in [0.29, 0.717) is 18.7 Å². The largest absolute Gasteiger partial charge is 0.445 e. The van der Waals surface area contributed by atoms with Gasteiger partial charge in [0, 0.05) is 56.2 Å². The van der Waals surface area contributed by atoms with E-state index in [1.54, 1.807) is 6.20 Å². The van der Waals surface area contributed by atoms with Crippen molar-refractivity contribution in [3.05, 3.63) is 36.1 Å². The Bertz CT molecular complexity index is 758. The molecule has 142 valence electrons. The van der Waals surface area contributed by atoms with Crippen LogP contribution < -0.4 is 5.32 Å². The number of nitrogens with zero attached hydrogens (tertiary/aromatic N) is 4. The standard InChI is InChI=1S/C19H29N5O2/c1-19(2,3)16-9-21-18(26-16)7-6-17(25)22-14-11-23(4)10-13(14)15-8-20-12-24(15)5/h8-9,12-14H,6-7,10-11H2,1-5H3,(H,22,25)/t13-,14-/m1/s1. The van der Waals surface area contributed by atoms with Gasteiger partial charge in [0.05, 0.1) is 18.6 Å². The first-order valence-corrected chi connectivity index (χ1v) is 9.13. The van der Waals surface area contributed by atoms with E-state index in [1.807, 2.05) is 24.1 Å². The number of oxazole rings is 1. The monoisotopic (exact) mass is 359 g/mol. The summed E-state index contributed by atoms with van der Waals surface area (Å²) < 4.78 is 7.80. The molecule has 1 saturated heterocycles. The molecule has 26 heavy (non-hydrogen) atoms. The topological polar surface area (TPSA) is 76.2 Å². The van der Waals surface area contributed by atoms with E-state index in [-0.39, 0.29) is 23.3 Å². The predicted molar refractivity (Wildman–Crippen MR) is 98.9 cm³/mol. The maximum Gasteiger partial charge on any atom is 0.220 e. The van der Waals surface area contributed by atoms with Gasteiger partial charge in [-0.15, -0.1) is 0 Å². The number of carbonyl (C=O) groups excluding carboxylic acids is 1. The second-order valence-corrected chi connectivity index (χ2v) is 8.30. The highest BCUT2D eigenvalue weighted by atomic mass is 16.4. The summed E-state index contributed by atoms with van der Waals surface area (Å²) in [5, 5.41) is 3.19. The number of likely N-dealkylation sites (N-methyl/N-ethyl adjacent to an activating group) is 1. The van der Waals surface area contributed by atoms with Crippen LogP contribution in [-0.4, -0.2) is 51.5 Å². The van der Waals surface area contributed by atoms with Crippen LogP contribution in [0.15, 0.2) is 23.1 Å². The Labute approximate surface area is 154 Å². The summed E-state index contributed by atoms with van der Waals surface area (Å²) in [6.45, 7) is 8.01. The molecule has 0 aromatic carbocycles. The Hall–Kier alpha value is -2.15. The van der Waals surface area contributed by atoms with Crippen LogP contribution in [0.5, 0.6) is 0 Å². The molecule has 2 aromatic heterocycles. The van der Waals surface area contributed by atoms with Crippen molar-refractivity contribution < 1.29 is 9.21 Å². The smallest absolute Gasteiger partial charge is 0.220 e. The van der Waals surface area contributed by atoms with Crippen LogP contribution in [0.25, 0.3) is 0 Å². The molecule has 7 heteroatoms. The zero-order valence-electron chi connectivity index (χ0n) is 16.3. The molecule has 3 heterocycles. The molecule has 1 aliphatic rings. The zero-order valence-corrected chi connectivity index (χ0v) is 16.3. The van der Waals surface area contributed by atoms with Gasteiger partial charge in [-0.05, 0) is 7.05 Å². The minimum Gasteiger partial charge on any atom is -0.445 e. The lowest BCUT2D eigenvalue weighted by Crippen LogP contribution is -2.40. The van der Waals surface area contributed by atoms with Crippen LogP contribution in [-0.2, 0) is 23.7 Å². The highest BCUT2D eigenvalue weighted by Crippen LogP contribution is 2.26. The first kappa shape index (κ1) is 18.6. The fourth-order valence-electron chi connectivity index (χ4n) is 3.44. The number of rotatable bonds is 5. The first-order chi connectivity index (χ1) is 12.2. The Balaban J connectivity index is 1.57. The van der Waals surface area contributed by atoms with Crippen molar-refractivity contribution in [1.29, 1.82) is 0 Å². The summed E-state index contributed by atoms with van der Waals surface area (Å²) in [7, 11) is 4.07. The van der Waals surface area contributed by atoms with Crippen molar-refractivity contribution in [2.24, 2.45) is 7.05 Å². The summed E-state index contributed by atoms with van der Waals surface area (Å²) in [6, 6.07) is 0.0950. The van der Waals surface area contributed by atoms with Crippen LogP contribution in [0.4, 0.5) is 0 Å². The van der Waals surface area contributed by atoms with E-state index in [1.165, 1.54) is 0 Å². The number of hydrogen-bond donors (Lipinski definition) is 1. The molecule has 0 bridgehead atoms. The summed E-state index contributed by atoms with van der Waals surface area (Å²) in [4.78, 5) is 23.2. The second-order valence-electron chi connectivity index (χ2n) is 8.30. The number of imidazole rings is 1. The van der Waals surface area contributed by atoms with Crippen LogP contribution in [0, 0.1) is 0 Å². The zero-order chi connectivity index (χ0) is 18.9. The first-order valence-electron chi connectivity index (χ1n) is 9.13. The van der Waals surface area contributed by atoms with Crippen LogP contribution >= 0.6 is 0 Å². The quantitative estimate of drug-likeness (QED) is 0.882. The van der Waals surface area contributed by atoms with E-state index in [2.05, 4.69) is 48.0 Å². The van der Waals surface area contributed by atoms with Gasteiger partial charge in [0.1, 0.15) is 5.76 Å². The summed E-state index contributed by atoms with van der Waals surface area (Å²) in [5.74, 6) is 1.76. The van der Waals surface area contributed by atoms with E-state index in [9.17, 15) is 4.79 Å². The minimum atomic E-state index is -0.0712. The fraction of sp³-hybridized carbons (Fsp3) is 0.632. The van der Waals surface area contributed by atoms with Gasteiger partial charge in [0.15, 0.2) is 5.89 Å². The molecule has 3 rings (SSSR count). The van der Waals surface area contributed by atoms with Crippen molar-refractivity contribution in [2.45, 2.75) is 51.0 Å². The van der Waals surface area contributed by atoms with E-state index in [0.717, 1.165) is 24.5 Å². The average Bonchev–Trinajstić information content (AvgIpc) is 3.25. The third-order valence-corrected chi connectivity index (χ3v) is 4.94. The number of aryl methyl sites for hydroxylation is 2. The molecule has 2 atom stereocenters. The normalized spacial score (nSPS) is 21.3. The van der Waals surface area contributed by atoms with E-state index < -0.39 is 0 Å². The third kappa shape index (κ3) is 4.15. The van der Waals surface area contributed by atoms with Gasteiger partial charge in [0.2, 0.25) is 5.91 Å². The number of carbonyl (C=O) groups is 1. The highest BCUT2D eigenvalue weighted by molar-refractivity contribution is 5.76. The Morgan fingerprint density at radius 1 is 1.31 bits per heavy atom. The van der Waals surface area contributed by atoms with Gasteiger partial charge in [0.25, 0.3) is 0 Å². The molecule has 1 aliphatic heterocycles. The van der Waals surface area contributed by atoms with Crippen molar-refractivity contribution in [2.75, 3.05) is 20.1 Å². The summed E-state index contributed by atoms with van der Waals surface area (Å²) in [5.41, 5.74) is 1.08. The maximum absolute atomic E-state index is 12.5. The molecule has 0 spiro atoms. The molecule has 0 saturated carbocycles. The van der Waals surface area contributed by atoms with Gasteiger partial charge < -0.3 is 19.2 Å². The molecule has 1 fully saturated rings. The molecule has 2 aromatic rings. The molecular weight excluding hydrogens is 330 g/mol. The Kier molecular flexibility index (Phi) is 5.18. The van der Waals surface area contributed by atoms with Gasteiger partial charge in [-0.1, -0.05) is 20.8 Å². The minimum absolute atomic E-state index is 0.0352. The summed E-state index contributed by atoms with van der Waals surface area (Å²) in [6.07, 6.45) is 6.35. The molecule has 0 radical (unpaired) electrons. The SMILES string of the molecule is CN1C[C@@H](NC(=O)CCc2ncc(C(C)(C)C)o2)[C@H](c2cncn2C)C1. The van der Waals surface area contributed by atoms with Crippen LogP contribution in [0.3, 0.4) is 0 Å². The Morgan fingerprint density at radius 3 is 2.69 bits per heavy atom. The third-order valence-electron chi connectivity index (χ3n) is 4.94. The van der Waals surface area contributed by atoms with Crippen LogP contribution in [0.1, 0.15) is 50.5 Å². The predicted octanol–water partition coefficient (Wildman–Crippen LogP) is 1.85. The number of likely N-dealkylation sites (tertiary alicyclic amines) is 1. The van der Waals surface area contributed by atoms with Gasteiger partial charge in [-0.25, -0.2) is 9.97 Å². The lowest BCUT2D eigenvalue weighted by Gasteiger charge is -2.20. The Morgan fingerprint density at radius 2 is 2.08 bits per heavy atom. The van der Waals surface area contributed by atoms with Crippen molar-refractivity contribution >= 4 is 5.91 Å². The molecule has 0 unspecified atom stereocenters. The van der Waals surface area contributed by atoms with Gasteiger partial charge in [-0.3, -0.25) is 4.79 Å². The molecular formula is C19H29N5O2. The van der Waals surface area contributed by atoms with Crippen molar-refractivity contribution in [3.63, 3.8) is 0 Å². The fourth-order valence-corrected chi connectivity index (χ4v) is 3.44. The summed E-state index contributed by atoms with van der Waals surface area (Å²) >= 11 is 0. The lowest BCUT2D eigenvalue weighted by molar-refractivity contribution is -0.121. The molecule has 1 amide bonds.